The smallest absolute Gasteiger partial charge is 0.407 e. The first-order valence-corrected chi connectivity index (χ1v) is 11.3. The summed E-state index contributed by atoms with van der Waals surface area (Å²) in [5, 5.41) is 4.97. The Morgan fingerprint density at radius 1 is 1.18 bits per heavy atom. The lowest BCUT2D eigenvalue weighted by Crippen LogP contribution is -2.39. The van der Waals surface area contributed by atoms with E-state index >= 15 is 0 Å². The molecule has 0 fully saturated rings. The summed E-state index contributed by atoms with van der Waals surface area (Å²) in [6.07, 6.45) is 5.35. The van der Waals surface area contributed by atoms with Crippen LogP contribution in [0.15, 0.2) is 42.9 Å². The molecule has 0 spiro atoms. The first-order valence-electron chi connectivity index (χ1n) is 11.3. The second-order valence-electron chi connectivity index (χ2n) is 9.52. The van der Waals surface area contributed by atoms with Crippen molar-refractivity contribution in [2.75, 3.05) is 5.73 Å². The van der Waals surface area contributed by atoms with Crippen molar-refractivity contribution in [3.63, 3.8) is 0 Å². The van der Waals surface area contributed by atoms with Gasteiger partial charge in [0.2, 0.25) is 0 Å². The van der Waals surface area contributed by atoms with E-state index < -0.39 is 5.60 Å². The van der Waals surface area contributed by atoms with Crippen molar-refractivity contribution in [2.45, 2.75) is 58.2 Å². The number of rotatable bonds is 2. The summed E-state index contributed by atoms with van der Waals surface area (Å²) < 4.78 is 7.67. The number of carbonyl (C=O) groups is 1. The van der Waals surface area contributed by atoms with E-state index in [9.17, 15) is 4.79 Å². The Balaban J connectivity index is 1.54. The van der Waals surface area contributed by atoms with Crippen molar-refractivity contribution < 1.29 is 9.53 Å². The predicted octanol–water partition coefficient (Wildman–Crippen LogP) is 4.46. The number of fused-ring (bicyclic) bond motifs is 4. The van der Waals surface area contributed by atoms with Crippen molar-refractivity contribution in [1.29, 1.82) is 0 Å². The van der Waals surface area contributed by atoms with E-state index in [1.807, 2.05) is 45.2 Å². The van der Waals surface area contributed by atoms with Gasteiger partial charge in [0.25, 0.3) is 0 Å². The molecule has 4 heterocycles. The second-order valence-corrected chi connectivity index (χ2v) is 9.52. The molecule has 1 atom stereocenters. The van der Waals surface area contributed by atoms with Gasteiger partial charge in [0.15, 0.2) is 0 Å². The molecule has 3 aromatic heterocycles. The van der Waals surface area contributed by atoms with Gasteiger partial charge in [0.05, 0.1) is 10.9 Å². The van der Waals surface area contributed by atoms with Crippen LogP contribution in [0.1, 0.15) is 39.3 Å². The summed E-state index contributed by atoms with van der Waals surface area (Å²) in [5.74, 6) is 0.465. The summed E-state index contributed by atoms with van der Waals surface area (Å²) in [5.41, 5.74) is 10.8. The average Bonchev–Trinajstić information content (AvgIpc) is 2.94. The van der Waals surface area contributed by atoms with Crippen LogP contribution in [0.25, 0.3) is 33.1 Å². The minimum absolute atomic E-state index is 0.0107. The Morgan fingerprint density at radius 3 is 2.82 bits per heavy atom. The van der Waals surface area contributed by atoms with E-state index in [4.69, 9.17) is 10.5 Å². The summed E-state index contributed by atoms with van der Waals surface area (Å²) in [7, 11) is 0. The predicted molar refractivity (Wildman–Crippen MR) is 129 cm³/mol. The first-order chi connectivity index (χ1) is 15.8. The summed E-state index contributed by atoms with van der Waals surface area (Å²) in [6, 6.07) is 10.2. The second kappa shape index (κ2) is 8.03. The first kappa shape index (κ1) is 21.2. The van der Waals surface area contributed by atoms with Crippen molar-refractivity contribution in [2.24, 2.45) is 0 Å². The van der Waals surface area contributed by atoms with E-state index in [1.54, 1.807) is 0 Å². The Hall–Kier alpha value is -3.68. The molecule has 0 saturated carbocycles. The van der Waals surface area contributed by atoms with Gasteiger partial charge in [-0.25, -0.2) is 14.8 Å². The standard InChI is InChI=1S/C25H28N6O2/c1-25(2,3)33-24(32)30-17-8-9-19-20(16-12-15-6-4-5-7-18(15)27-13-16)21-22(26)28-14-29-23(21)31(19)11-10-17/h4-7,12-14,17H,8-11H2,1-3H3,(H,30,32)(H2,26,28,29)/t17-/m0/s1. The maximum atomic E-state index is 12.3. The Morgan fingerprint density at radius 2 is 2.00 bits per heavy atom. The van der Waals surface area contributed by atoms with Gasteiger partial charge < -0.3 is 20.4 Å². The fourth-order valence-corrected chi connectivity index (χ4v) is 4.62. The third-order valence-corrected chi connectivity index (χ3v) is 6.01. The van der Waals surface area contributed by atoms with Gasteiger partial charge in [-0.05, 0) is 52.2 Å². The SMILES string of the molecule is CC(C)(C)OC(=O)N[C@H]1CCc2c(-c3cnc4ccccc4c3)c3c(N)ncnc3n2CC1. The number of aryl methyl sites for hydroxylation is 1. The quantitative estimate of drug-likeness (QED) is 0.473. The van der Waals surface area contributed by atoms with Gasteiger partial charge in [-0.3, -0.25) is 4.98 Å². The lowest BCUT2D eigenvalue weighted by molar-refractivity contribution is 0.0499. The number of pyridine rings is 1. The van der Waals surface area contributed by atoms with Gasteiger partial charge in [0.1, 0.15) is 23.4 Å². The molecule has 170 valence electrons. The highest BCUT2D eigenvalue weighted by atomic mass is 16.6. The van der Waals surface area contributed by atoms with Gasteiger partial charge in [-0.1, -0.05) is 18.2 Å². The normalized spacial score (nSPS) is 16.4. The number of ether oxygens (including phenoxy) is 1. The molecule has 0 bridgehead atoms. The monoisotopic (exact) mass is 444 g/mol. The maximum absolute atomic E-state index is 12.3. The third kappa shape index (κ3) is 4.08. The highest BCUT2D eigenvalue weighted by Gasteiger charge is 2.27. The number of anilines is 1. The molecule has 0 radical (unpaired) electrons. The van der Waals surface area contributed by atoms with Gasteiger partial charge in [0, 0.05) is 41.0 Å². The molecular formula is C25H28N6O2. The molecule has 5 rings (SSSR count). The van der Waals surface area contributed by atoms with E-state index in [-0.39, 0.29) is 12.1 Å². The van der Waals surface area contributed by atoms with Crippen molar-refractivity contribution in [1.82, 2.24) is 24.8 Å². The molecule has 1 aromatic carbocycles. The molecule has 1 aliphatic rings. The van der Waals surface area contributed by atoms with Gasteiger partial charge >= 0.3 is 6.09 Å². The highest BCUT2D eigenvalue weighted by molar-refractivity contribution is 6.03. The molecule has 8 heteroatoms. The topological polar surface area (TPSA) is 108 Å². The number of nitrogen functional groups attached to an aromatic ring is 1. The summed E-state index contributed by atoms with van der Waals surface area (Å²) in [6.45, 7) is 6.31. The van der Waals surface area contributed by atoms with E-state index in [0.717, 1.165) is 58.0 Å². The number of hydrogen-bond donors (Lipinski definition) is 2. The number of nitrogens with zero attached hydrogens (tertiary/aromatic N) is 4. The van der Waals surface area contributed by atoms with Crippen LogP contribution in [0.3, 0.4) is 0 Å². The lowest BCUT2D eigenvalue weighted by Gasteiger charge is -2.22. The average molecular weight is 445 g/mol. The number of nitrogens with one attached hydrogen (secondary N) is 1. The molecule has 3 N–H and O–H groups in total. The fourth-order valence-electron chi connectivity index (χ4n) is 4.62. The Labute approximate surface area is 192 Å². The number of aromatic nitrogens is 4. The molecule has 1 amide bonds. The third-order valence-electron chi connectivity index (χ3n) is 6.01. The van der Waals surface area contributed by atoms with Crippen molar-refractivity contribution >= 4 is 33.8 Å². The zero-order valence-corrected chi connectivity index (χ0v) is 19.1. The molecular weight excluding hydrogens is 416 g/mol. The molecule has 1 aliphatic heterocycles. The summed E-state index contributed by atoms with van der Waals surface area (Å²) in [4.78, 5) is 25.9. The van der Waals surface area contributed by atoms with Gasteiger partial charge in [-0.15, -0.1) is 0 Å². The molecule has 4 aromatic rings. The van der Waals surface area contributed by atoms with E-state index in [2.05, 4.69) is 37.0 Å². The van der Waals surface area contributed by atoms with Crippen LogP contribution in [0.2, 0.25) is 0 Å². The van der Waals surface area contributed by atoms with Crippen LogP contribution in [-0.4, -0.2) is 37.3 Å². The number of amides is 1. The largest absolute Gasteiger partial charge is 0.444 e. The molecule has 0 unspecified atom stereocenters. The van der Waals surface area contributed by atoms with Crippen LogP contribution in [0.5, 0.6) is 0 Å². The molecule has 0 saturated heterocycles. The fraction of sp³-hybridized carbons (Fsp3) is 0.360. The lowest BCUT2D eigenvalue weighted by atomic mass is 9.99. The molecule has 0 aliphatic carbocycles. The number of alkyl carbamates (subject to hydrolysis) is 1. The molecule has 33 heavy (non-hydrogen) atoms. The number of nitrogens with two attached hydrogens (primary N) is 1. The zero-order chi connectivity index (χ0) is 23.2. The van der Waals surface area contributed by atoms with Crippen molar-refractivity contribution in [3.8, 4) is 11.1 Å². The minimum Gasteiger partial charge on any atom is -0.444 e. The van der Waals surface area contributed by atoms with Crippen LogP contribution < -0.4 is 11.1 Å². The van der Waals surface area contributed by atoms with Crippen LogP contribution in [0, 0.1) is 0 Å². The van der Waals surface area contributed by atoms with Crippen LogP contribution in [0.4, 0.5) is 10.6 Å². The van der Waals surface area contributed by atoms with E-state index in [0.29, 0.717) is 12.4 Å². The van der Waals surface area contributed by atoms with Crippen molar-refractivity contribution in [3.05, 3.63) is 48.5 Å². The van der Waals surface area contributed by atoms with Crippen LogP contribution in [-0.2, 0) is 17.7 Å². The van der Waals surface area contributed by atoms with E-state index in [1.165, 1.54) is 6.33 Å². The minimum atomic E-state index is -0.527. The Bertz CT molecular complexity index is 1350. The van der Waals surface area contributed by atoms with Gasteiger partial charge in [-0.2, -0.15) is 0 Å². The zero-order valence-electron chi connectivity index (χ0n) is 19.1. The highest BCUT2D eigenvalue weighted by Crippen LogP contribution is 2.39. The maximum Gasteiger partial charge on any atom is 0.407 e. The summed E-state index contributed by atoms with van der Waals surface area (Å²) >= 11 is 0. The number of hydrogen-bond acceptors (Lipinski definition) is 6. The number of carbonyl (C=O) groups excluding carboxylic acids is 1. The number of benzene rings is 1. The van der Waals surface area contributed by atoms with Crippen LogP contribution >= 0.6 is 0 Å². The number of para-hydroxylation sites is 1. The Kier molecular flexibility index (Phi) is 5.15. The molecule has 8 nitrogen and oxygen atoms in total.